The van der Waals surface area contributed by atoms with E-state index in [-0.39, 0.29) is 24.1 Å². The second-order valence-electron chi connectivity index (χ2n) is 5.89. The topological polar surface area (TPSA) is 40.6 Å². The van der Waals surface area contributed by atoms with Gasteiger partial charge in [-0.15, -0.1) is 0 Å². The van der Waals surface area contributed by atoms with Gasteiger partial charge in [-0.25, -0.2) is 19.4 Å². The lowest BCUT2D eigenvalue weighted by molar-refractivity contribution is 0.0557. The summed E-state index contributed by atoms with van der Waals surface area (Å²) in [5.41, 5.74) is 0. The Morgan fingerprint density at radius 1 is 0.611 bits per heavy atom. The Labute approximate surface area is 108 Å². The highest BCUT2D eigenvalue weighted by Crippen LogP contribution is 2.34. The summed E-state index contributed by atoms with van der Waals surface area (Å²) in [5, 5.41) is 0. The molecule has 0 radical (unpaired) electrons. The van der Waals surface area contributed by atoms with Crippen molar-refractivity contribution in [1.82, 2.24) is 9.80 Å². The first-order chi connectivity index (χ1) is 8.79. The molecule has 0 aromatic heterocycles. The van der Waals surface area contributed by atoms with E-state index in [0.717, 1.165) is 51.4 Å². The molecule has 4 amide bonds. The molecule has 3 aliphatic rings. The second-order valence-corrected chi connectivity index (χ2v) is 5.89. The third-order valence-corrected chi connectivity index (χ3v) is 4.70. The molecular formula is C14H22N2O2. The van der Waals surface area contributed by atoms with Crippen LogP contribution in [-0.2, 0) is 0 Å². The summed E-state index contributed by atoms with van der Waals surface area (Å²) in [6.07, 6.45) is 11.2. The van der Waals surface area contributed by atoms with Crippen LogP contribution in [0.4, 0.5) is 9.59 Å². The first-order valence-corrected chi connectivity index (χ1v) is 7.45. The van der Waals surface area contributed by atoms with Gasteiger partial charge in [0, 0.05) is 12.1 Å². The zero-order valence-electron chi connectivity index (χ0n) is 10.9. The zero-order valence-corrected chi connectivity index (χ0v) is 10.9. The first kappa shape index (κ1) is 12.0. The minimum atomic E-state index is -0.0150. The highest BCUT2D eigenvalue weighted by Gasteiger charge is 2.50. The van der Waals surface area contributed by atoms with E-state index < -0.39 is 0 Å². The van der Waals surface area contributed by atoms with Gasteiger partial charge in [0.2, 0.25) is 0 Å². The van der Waals surface area contributed by atoms with Crippen LogP contribution in [0.1, 0.15) is 64.2 Å². The predicted molar refractivity (Wildman–Crippen MR) is 68.2 cm³/mol. The number of urea groups is 2. The number of imide groups is 2. The van der Waals surface area contributed by atoms with Crippen molar-refractivity contribution >= 4 is 12.1 Å². The smallest absolute Gasteiger partial charge is 0.247 e. The second kappa shape index (κ2) is 4.90. The summed E-state index contributed by atoms with van der Waals surface area (Å²) < 4.78 is 0. The zero-order chi connectivity index (χ0) is 12.5. The Balaban J connectivity index is 1.63. The normalized spacial score (nSPS) is 27.6. The number of carbonyl (C=O) groups is 2. The predicted octanol–water partition coefficient (Wildman–Crippen LogP) is 3.51. The summed E-state index contributed by atoms with van der Waals surface area (Å²) >= 11 is 0. The highest BCUT2D eigenvalue weighted by atomic mass is 16.2. The van der Waals surface area contributed by atoms with E-state index in [1.54, 1.807) is 0 Å². The Kier molecular flexibility index (Phi) is 3.27. The molecule has 4 nitrogen and oxygen atoms in total. The number of hydrogen-bond acceptors (Lipinski definition) is 2. The molecule has 1 saturated heterocycles. The van der Waals surface area contributed by atoms with E-state index in [9.17, 15) is 9.59 Å². The minimum Gasteiger partial charge on any atom is -0.247 e. The van der Waals surface area contributed by atoms with Gasteiger partial charge in [-0.05, 0) is 25.7 Å². The van der Waals surface area contributed by atoms with Crippen LogP contribution < -0.4 is 0 Å². The van der Waals surface area contributed by atoms with E-state index >= 15 is 0 Å². The molecule has 4 heteroatoms. The maximum Gasteiger partial charge on any atom is 0.336 e. The molecule has 0 unspecified atom stereocenters. The maximum absolute atomic E-state index is 12.2. The Morgan fingerprint density at radius 3 is 1.28 bits per heavy atom. The molecule has 0 N–H and O–H groups in total. The van der Waals surface area contributed by atoms with E-state index in [1.165, 1.54) is 22.6 Å². The van der Waals surface area contributed by atoms with Crippen LogP contribution in [0.3, 0.4) is 0 Å². The molecule has 0 atom stereocenters. The average Bonchev–Trinajstić information content (AvgIpc) is 2.41. The molecule has 2 saturated carbocycles. The number of amides is 4. The molecule has 0 aromatic carbocycles. The van der Waals surface area contributed by atoms with Crippen LogP contribution in [0.2, 0.25) is 0 Å². The van der Waals surface area contributed by atoms with Gasteiger partial charge < -0.3 is 0 Å². The Hall–Kier alpha value is -1.06. The number of hydrogen-bond donors (Lipinski definition) is 0. The summed E-state index contributed by atoms with van der Waals surface area (Å²) in [6.45, 7) is 0. The summed E-state index contributed by atoms with van der Waals surface area (Å²) in [5.74, 6) is 0. The monoisotopic (exact) mass is 250 g/mol. The molecule has 100 valence electrons. The Morgan fingerprint density at radius 2 is 0.944 bits per heavy atom. The lowest BCUT2D eigenvalue weighted by Crippen LogP contribution is -2.69. The van der Waals surface area contributed by atoms with Gasteiger partial charge in [-0.2, -0.15) is 0 Å². The molecule has 0 spiro atoms. The summed E-state index contributed by atoms with van der Waals surface area (Å²) in [4.78, 5) is 27.5. The molecule has 0 bridgehead atoms. The first-order valence-electron chi connectivity index (χ1n) is 7.45. The van der Waals surface area contributed by atoms with Crippen molar-refractivity contribution in [2.24, 2.45) is 0 Å². The molecule has 2 aliphatic carbocycles. The molecule has 18 heavy (non-hydrogen) atoms. The van der Waals surface area contributed by atoms with Crippen molar-refractivity contribution in [3.8, 4) is 0 Å². The Bertz CT molecular complexity index is 298. The summed E-state index contributed by atoms with van der Waals surface area (Å²) in [6, 6.07) is 0.356. The maximum atomic E-state index is 12.2. The molecular weight excluding hydrogens is 228 g/mol. The van der Waals surface area contributed by atoms with Gasteiger partial charge in [0.1, 0.15) is 0 Å². The van der Waals surface area contributed by atoms with Crippen LogP contribution >= 0.6 is 0 Å². The lowest BCUT2D eigenvalue weighted by Gasteiger charge is -2.48. The van der Waals surface area contributed by atoms with Crippen molar-refractivity contribution in [3.05, 3.63) is 0 Å². The van der Waals surface area contributed by atoms with Gasteiger partial charge in [0.15, 0.2) is 0 Å². The molecule has 1 heterocycles. The summed E-state index contributed by atoms with van der Waals surface area (Å²) in [7, 11) is 0. The number of rotatable bonds is 2. The third kappa shape index (κ3) is 1.91. The molecule has 3 rings (SSSR count). The number of nitrogens with zero attached hydrogens (tertiary/aromatic N) is 2. The SMILES string of the molecule is O=C1N(C2CCCCC2)C(=O)N1C1CCCCC1. The van der Waals surface area contributed by atoms with Gasteiger partial charge in [-0.3, -0.25) is 0 Å². The van der Waals surface area contributed by atoms with Crippen LogP contribution in [0.5, 0.6) is 0 Å². The van der Waals surface area contributed by atoms with E-state index in [4.69, 9.17) is 0 Å². The van der Waals surface area contributed by atoms with E-state index in [1.807, 2.05) is 0 Å². The van der Waals surface area contributed by atoms with Gasteiger partial charge in [-0.1, -0.05) is 38.5 Å². The lowest BCUT2D eigenvalue weighted by atomic mass is 9.91. The fourth-order valence-electron chi connectivity index (χ4n) is 3.65. The quantitative estimate of drug-likeness (QED) is 0.752. The molecule has 0 aromatic rings. The molecule has 1 aliphatic heterocycles. The average molecular weight is 250 g/mol. The minimum absolute atomic E-state index is 0.0150. The van der Waals surface area contributed by atoms with Crippen molar-refractivity contribution in [2.75, 3.05) is 0 Å². The van der Waals surface area contributed by atoms with Crippen molar-refractivity contribution in [3.63, 3.8) is 0 Å². The fraction of sp³-hybridized carbons (Fsp3) is 0.857. The van der Waals surface area contributed by atoms with Crippen LogP contribution in [0, 0.1) is 0 Å². The van der Waals surface area contributed by atoms with Crippen LogP contribution in [0.25, 0.3) is 0 Å². The van der Waals surface area contributed by atoms with E-state index in [0.29, 0.717) is 0 Å². The largest absolute Gasteiger partial charge is 0.336 e. The van der Waals surface area contributed by atoms with E-state index in [2.05, 4.69) is 0 Å². The van der Waals surface area contributed by atoms with Crippen molar-refractivity contribution in [2.45, 2.75) is 76.3 Å². The van der Waals surface area contributed by atoms with Crippen LogP contribution in [-0.4, -0.2) is 33.9 Å². The molecule has 3 fully saturated rings. The third-order valence-electron chi connectivity index (χ3n) is 4.70. The fourth-order valence-corrected chi connectivity index (χ4v) is 3.65. The van der Waals surface area contributed by atoms with Gasteiger partial charge >= 0.3 is 12.1 Å². The van der Waals surface area contributed by atoms with Crippen molar-refractivity contribution in [1.29, 1.82) is 0 Å². The van der Waals surface area contributed by atoms with Crippen molar-refractivity contribution < 1.29 is 9.59 Å². The van der Waals surface area contributed by atoms with Crippen LogP contribution in [0.15, 0.2) is 0 Å². The van der Waals surface area contributed by atoms with Gasteiger partial charge in [0.05, 0.1) is 0 Å². The van der Waals surface area contributed by atoms with Gasteiger partial charge in [0.25, 0.3) is 0 Å². The highest BCUT2D eigenvalue weighted by molar-refractivity contribution is 6.12. The number of carbonyl (C=O) groups excluding carboxylic acids is 2. The standard InChI is InChI=1S/C14H22N2O2/c17-13-15(11-7-3-1-4-8-11)14(18)16(13)12-9-5-2-6-10-12/h11-12H,1-10H2.